The molecule has 96 valence electrons. The van der Waals surface area contributed by atoms with Crippen LogP contribution in [0.5, 0.6) is 0 Å². The van der Waals surface area contributed by atoms with Gasteiger partial charge in [0.1, 0.15) is 0 Å². The molecule has 1 saturated heterocycles. The lowest BCUT2D eigenvalue weighted by Crippen LogP contribution is -2.36. The maximum atomic E-state index is 11.9. The summed E-state index contributed by atoms with van der Waals surface area (Å²) in [5.41, 5.74) is 0.196. The Morgan fingerprint density at radius 3 is 2.89 bits per heavy atom. The minimum atomic E-state index is -0.515. The van der Waals surface area contributed by atoms with E-state index >= 15 is 0 Å². The number of nitro groups is 1. The molecule has 0 saturated carbocycles. The number of non-ortho nitro benzene ring substituents is 1. The molecule has 2 rings (SSSR count). The zero-order valence-corrected chi connectivity index (χ0v) is 11.1. The van der Waals surface area contributed by atoms with Gasteiger partial charge in [-0.15, -0.1) is 0 Å². The van der Waals surface area contributed by atoms with E-state index in [1.807, 2.05) is 0 Å². The van der Waals surface area contributed by atoms with Crippen molar-refractivity contribution in [2.75, 3.05) is 13.1 Å². The first kappa shape index (κ1) is 13.0. The van der Waals surface area contributed by atoms with Crippen LogP contribution >= 0.6 is 15.9 Å². The van der Waals surface area contributed by atoms with Gasteiger partial charge in [-0.25, -0.2) is 0 Å². The van der Waals surface area contributed by atoms with Crippen LogP contribution in [0, 0.1) is 10.1 Å². The van der Waals surface area contributed by atoms with Crippen molar-refractivity contribution in [2.24, 2.45) is 0 Å². The Kier molecular flexibility index (Phi) is 3.93. The van der Waals surface area contributed by atoms with Gasteiger partial charge in [0.05, 0.1) is 4.92 Å². The number of nitrogens with zero attached hydrogens (tertiary/aromatic N) is 1. The van der Waals surface area contributed by atoms with Crippen LogP contribution in [0.1, 0.15) is 16.8 Å². The summed E-state index contributed by atoms with van der Waals surface area (Å²) in [7, 11) is 0. The maximum Gasteiger partial charge on any atom is 0.271 e. The SMILES string of the molecule is O=C(N[C@@H]1CCNC1)c1cc(Br)cc([N+](=O)[O-])c1. The highest BCUT2D eigenvalue weighted by Crippen LogP contribution is 2.21. The predicted octanol–water partition coefficient (Wildman–Crippen LogP) is 1.45. The zero-order valence-electron chi connectivity index (χ0n) is 9.48. The Hall–Kier alpha value is -1.47. The molecule has 1 fully saturated rings. The van der Waals surface area contributed by atoms with Gasteiger partial charge in [0.15, 0.2) is 0 Å². The van der Waals surface area contributed by atoms with Crippen LogP contribution in [-0.4, -0.2) is 30.0 Å². The van der Waals surface area contributed by atoms with E-state index in [0.29, 0.717) is 10.0 Å². The largest absolute Gasteiger partial charge is 0.348 e. The Labute approximate surface area is 112 Å². The van der Waals surface area contributed by atoms with Crippen molar-refractivity contribution in [2.45, 2.75) is 12.5 Å². The molecular weight excluding hydrogens is 302 g/mol. The summed E-state index contributed by atoms with van der Waals surface area (Å²) < 4.78 is 0.520. The molecule has 1 heterocycles. The highest BCUT2D eigenvalue weighted by atomic mass is 79.9. The van der Waals surface area contributed by atoms with E-state index in [4.69, 9.17) is 0 Å². The van der Waals surface area contributed by atoms with E-state index in [9.17, 15) is 14.9 Å². The first-order valence-electron chi connectivity index (χ1n) is 5.53. The average molecular weight is 314 g/mol. The smallest absolute Gasteiger partial charge is 0.271 e. The van der Waals surface area contributed by atoms with Crippen LogP contribution in [0.4, 0.5) is 5.69 Å². The van der Waals surface area contributed by atoms with Gasteiger partial charge in [-0.3, -0.25) is 14.9 Å². The summed E-state index contributed by atoms with van der Waals surface area (Å²) in [5.74, 6) is -0.284. The van der Waals surface area contributed by atoms with Gasteiger partial charge in [-0.1, -0.05) is 15.9 Å². The summed E-state index contributed by atoms with van der Waals surface area (Å²) in [6, 6.07) is 4.32. The van der Waals surface area contributed by atoms with Crippen LogP contribution in [0.15, 0.2) is 22.7 Å². The number of carbonyl (C=O) groups excluding carboxylic acids is 1. The summed E-state index contributed by atoms with van der Waals surface area (Å²) in [6.07, 6.45) is 0.877. The number of benzene rings is 1. The molecule has 2 N–H and O–H groups in total. The second kappa shape index (κ2) is 5.45. The number of hydrogen-bond acceptors (Lipinski definition) is 4. The fourth-order valence-corrected chi connectivity index (χ4v) is 2.34. The molecule has 1 atom stereocenters. The highest BCUT2D eigenvalue weighted by Gasteiger charge is 2.19. The summed E-state index contributed by atoms with van der Waals surface area (Å²) in [5, 5.41) is 16.7. The highest BCUT2D eigenvalue weighted by molar-refractivity contribution is 9.10. The van der Waals surface area contributed by atoms with Crippen LogP contribution < -0.4 is 10.6 Å². The molecule has 0 spiro atoms. The van der Waals surface area contributed by atoms with E-state index in [-0.39, 0.29) is 17.6 Å². The van der Waals surface area contributed by atoms with Gasteiger partial charge in [-0.2, -0.15) is 0 Å². The molecule has 0 unspecified atom stereocenters. The minimum absolute atomic E-state index is 0.0931. The standard InChI is InChI=1S/C11H12BrN3O3/c12-8-3-7(4-10(5-8)15(17)18)11(16)14-9-1-2-13-6-9/h3-5,9,13H,1-2,6H2,(H,14,16)/t9-/m1/s1. The molecule has 0 bridgehead atoms. The van der Waals surface area contributed by atoms with Crippen LogP contribution in [0.25, 0.3) is 0 Å². The van der Waals surface area contributed by atoms with Crippen molar-refractivity contribution in [3.05, 3.63) is 38.3 Å². The van der Waals surface area contributed by atoms with Crippen molar-refractivity contribution in [3.63, 3.8) is 0 Å². The molecule has 1 aromatic rings. The van der Waals surface area contributed by atoms with Crippen molar-refractivity contribution in [1.82, 2.24) is 10.6 Å². The van der Waals surface area contributed by atoms with Crippen molar-refractivity contribution in [3.8, 4) is 0 Å². The molecule has 0 radical (unpaired) electrons. The number of carbonyl (C=O) groups is 1. The fraction of sp³-hybridized carbons (Fsp3) is 0.364. The lowest BCUT2D eigenvalue weighted by atomic mass is 10.1. The summed E-state index contributed by atoms with van der Waals surface area (Å²) in [4.78, 5) is 22.1. The molecule has 1 aliphatic rings. The molecule has 1 aliphatic heterocycles. The molecule has 0 aromatic heterocycles. The fourth-order valence-electron chi connectivity index (χ4n) is 1.86. The maximum absolute atomic E-state index is 11.9. The molecular formula is C11H12BrN3O3. The first-order valence-corrected chi connectivity index (χ1v) is 6.32. The van der Waals surface area contributed by atoms with Crippen LogP contribution in [-0.2, 0) is 0 Å². The molecule has 6 nitrogen and oxygen atoms in total. The molecule has 18 heavy (non-hydrogen) atoms. The second-order valence-electron chi connectivity index (χ2n) is 4.12. The van der Waals surface area contributed by atoms with Gasteiger partial charge in [0.25, 0.3) is 11.6 Å². The van der Waals surface area contributed by atoms with Gasteiger partial charge in [0.2, 0.25) is 0 Å². The Morgan fingerprint density at radius 2 is 2.28 bits per heavy atom. The second-order valence-corrected chi connectivity index (χ2v) is 5.03. The van der Waals surface area contributed by atoms with Gasteiger partial charge in [-0.05, 0) is 19.0 Å². The lowest BCUT2D eigenvalue weighted by Gasteiger charge is -2.11. The quantitative estimate of drug-likeness (QED) is 0.653. The Bertz CT molecular complexity index is 486. The van der Waals surface area contributed by atoms with E-state index < -0.39 is 4.92 Å². The number of rotatable bonds is 3. The number of amides is 1. The van der Waals surface area contributed by atoms with Gasteiger partial charge >= 0.3 is 0 Å². The molecule has 7 heteroatoms. The van der Waals surface area contributed by atoms with Gasteiger partial charge < -0.3 is 10.6 Å². The first-order chi connectivity index (χ1) is 8.56. The monoisotopic (exact) mass is 313 g/mol. The van der Waals surface area contributed by atoms with E-state index in [1.165, 1.54) is 12.1 Å². The third-order valence-corrected chi connectivity index (χ3v) is 3.21. The Balaban J connectivity index is 2.16. The molecule has 1 amide bonds. The zero-order chi connectivity index (χ0) is 13.1. The third kappa shape index (κ3) is 3.05. The average Bonchev–Trinajstić information content (AvgIpc) is 2.80. The normalized spacial score (nSPS) is 18.6. The summed E-state index contributed by atoms with van der Waals surface area (Å²) >= 11 is 3.17. The van der Waals surface area contributed by atoms with E-state index in [1.54, 1.807) is 6.07 Å². The van der Waals surface area contributed by atoms with Crippen LogP contribution in [0.3, 0.4) is 0 Å². The molecule has 1 aromatic carbocycles. The van der Waals surface area contributed by atoms with E-state index in [0.717, 1.165) is 19.5 Å². The summed E-state index contributed by atoms with van der Waals surface area (Å²) in [6.45, 7) is 1.62. The van der Waals surface area contributed by atoms with Gasteiger partial charge in [0, 0.05) is 34.8 Å². The number of nitrogens with one attached hydrogen (secondary N) is 2. The number of halogens is 1. The Morgan fingerprint density at radius 1 is 1.50 bits per heavy atom. The third-order valence-electron chi connectivity index (χ3n) is 2.75. The predicted molar refractivity (Wildman–Crippen MR) is 69.5 cm³/mol. The number of hydrogen-bond donors (Lipinski definition) is 2. The topological polar surface area (TPSA) is 84.3 Å². The van der Waals surface area contributed by atoms with Crippen molar-refractivity contribution in [1.29, 1.82) is 0 Å². The van der Waals surface area contributed by atoms with Crippen molar-refractivity contribution < 1.29 is 9.72 Å². The minimum Gasteiger partial charge on any atom is -0.348 e. The lowest BCUT2D eigenvalue weighted by molar-refractivity contribution is -0.385. The van der Waals surface area contributed by atoms with E-state index in [2.05, 4.69) is 26.6 Å². The molecule has 0 aliphatic carbocycles. The van der Waals surface area contributed by atoms with Crippen molar-refractivity contribution >= 4 is 27.5 Å². The number of nitro benzene ring substituents is 1. The van der Waals surface area contributed by atoms with Crippen LogP contribution in [0.2, 0.25) is 0 Å².